The SMILES string of the molecule is CCCCCCCCCCCCCCCCCCC[C@H](O)[C@H]1CC[C@H]([C@H](O)CC[C@H](O)CCCCCCCCCC[C@H](O)C2=C[C@H](C)OC2=O)O1. The zero-order valence-corrected chi connectivity index (χ0v) is 33.3. The summed E-state index contributed by atoms with van der Waals surface area (Å²) in [5.74, 6) is -0.380. The van der Waals surface area contributed by atoms with Crippen molar-refractivity contribution in [3.05, 3.63) is 11.6 Å². The van der Waals surface area contributed by atoms with E-state index in [4.69, 9.17) is 9.47 Å². The van der Waals surface area contributed by atoms with Crippen LogP contribution in [0.25, 0.3) is 0 Å². The number of ether oxygens (including phenoxy) is 2. The number of carbonyl (C=O) groups is 1. The number of cyclic esters (lactones) is 1. The minimum Gasteiger partial charge on any atom is -0.455 e. The third-order valence-electron chi connectivity index (χ3n) is 11.4. The molecule has 0 aromatic rings. The molecule has 1 fully saturated rings. The van der Waals surface area contributed by atoms with Crippen molar-refractivity contribution in [1.82, 2.24) is 0 Å². The molecule has 2 rings (SSSR count). The van der Waals surface area contributed by atoms with Crippen LogP contribution in [0.1, 0.15) is 219 Å². The highest BCUT2D eigenvalue weighted by Crippen LogP contribution is 2.29. The monoisotopic (exact) mass is 723 g/mol. The first-order chi connectivity index (χ1) is 24.8. The summed E-state index contributed by atoms with van der Waals surface area (Å²) in [6.45, 7) is 4.09. The fraction of sp³-hybridized carbons (Fsp3) is 0.932. The van der Waals surface area contributed by atoms with Crippen molar-refractivity contribution in [2.24, 2.45) is 0 Å². The van der Waals surface area contributed by atoms with E-state index in [2.05, 4.69) is 6.92 Å². The summed E-state index contributed by atoms with van der Waals surface area (Å²) in [6, 6.07) is 0. The second-order valence-electron chi connectivity index (χ2n) is 16.3. The maximum absolute atomic E-state index is 11.7. The molecule has 0 aliphatic carbocycles. The number of aliphatic hydroxyl groups is 4. The molecule has 0 amide bonds. The van der Waals surface area contributed by atoms with Gasteiger partial charge < -0.3 is 29.9 Å². The first-order valence-corrected chi connectivity index (χ1v) is 22.1. The molecular formula is C44H82O7. The molecule has 2 aliphatic rings. The van der Waals surface area contributed by atoms with Gasteiger partial charge in [0.25, 0.3) is 0 Å². The molecule has 0 aromatic carbocycles. The van der Waals surface area contributed by atoms with Gasteiger partial charge in [-0.25, -0.2) is 4.79 Å². The van der Waals surface area contributed by atoms with Gasteiger partial charge in [0.05, 0.1) is 42.2 Å². The van der Waals surface area contributed by atoms with E-state index in [1.807, 2.05) is 0 Å². The number of hydrogen-bond donors (Lipinski definition) is 4. The van der Waals surface area contributed by atoms with Gasteiger partial charge in [-0.15, -0.1) is 0 Å². The Morgan fingerprint density at radius 1 is 0.549 bits per heavy atom. The fourth-order valence-corrected chi connectivity index (χ4v) is 7.99. The minimum atomic E-state index is -0.710. The fourth-order valence-electron chi connectivity index (χ4n) is 7.99. The first kappa shape index (κ1) is 46.2. The number of unbranched alkanes of at least 4 members (excludes halogenated alkanes) is 23. The molecular weight excluding hydrogens is 640 g/mol. The Morgan fingerprint density at radius 3 is 1.37 bits per heavy atom. The van der Waals surface area contributed by atoms with E-state index in [-0.39, 0.29) is 30.4 Å². The number of carbonyl (C=O) groups excluding carboxylic acids is 1. The third-order valence-corrected chi connectivity index (χ3v) is 11.4. The molecule has 0 aromatic heterocycles. The van der Waals surface area contributed by atoms with Crippen molar-refractivity contribution in [2.45, 2.75) is 262 Å². The standard InChI is InChI=1S/C44H82O7/c1-3-4-5-6-7-8-9-10-11-12-13-14-15-16-21-24-27-30-40(47)42-33-34-43(51-42)41(48)32-31-37(45)28-25-22-19-17-18-20-23-26-29-39(46)38-35-36(2)50-44(38)49/h35-37,39-43,45-48H,3-34H2,1-2H3/t36-,37+,39-,40-,41+,42+,43+/m0/s1. The lowest BCUT2D eigenvalue weighted by Gasteiger charge is -2.23. The van der Waals surface area contributed by atoms with Crippen LogP contribution in [-0.4, -0.2) is 69.1 Å². The van der Waals surface area contributed by atoms with Crippen LogP contribution in [0.2, 0.25) is 0 Å². The van der Waals surface area contributed by atoms with E-state index >= 15 is 0 Å². The summed E-state index contributed by atoms with van der Waals surface area (Å²) in [5, 5.41) is 42.1. The van der Waals surface area contributed by atoms with Gasteiger partial charge in [-0.05, 0) is 57.9 Å². The molecule has 0 saturated carbocycles. The zero-order chi connectivity index (χ0) is 36.9. The molecule has 7 nitrogen and oxygen atoms in total. The van der Waals surface area contributed by atoms with Crippen molar-refractivity contribution in [3.63, 3.8) is 0 Å². The third kappa shape index (κ3) is 22.7. The van der Waals surface area contributed by atoms with Crippen molar-refractivity contribution in [1.29, 1.82) is 0 Å². The smallest absolute Gasteiger partial charge is 0.337 e. The Morgan fingerprint density at radius 2 is 0.941 bits per heavy atom. The van der Waals surface area contributed by atoms with Gasteiger partial charge in [0.2, 0.25) is 0 Å². The molecule has 2 heterocycles. The van der Waals surface area contributed by atoms with E-state index in [1.165, 1.54) is 116 Å². The van der Waals surface area contributed by atoms with Gasteiger partial charge in [-0.3, -0.25) is 0 Å². The van der Waals surface area contributed by atoms with Gasteiger partial charge in [0, 0.05) is 0 Å². The summed E-state index contributed by atoms with van der Waals surface area (Å²) >= 11 is 0. The molecule has 2 aliphatic heterocycles. The molecule has 51 heavy (non-hydrogen) atoms. The maximum atomic E-state index is 11.7. The lowest BCUT2D eigenvalue weighted by Crippen LogP contribution is -2.31. The highest BCUT2D eigenvalue weighted by Gasteiger charge is 2.34. The number of esters is 1. The van der Waals surface area contributed by atoms with Crippen LogP contribution in [-0.2, 0) is 14.3 Å². The van der Waals surface area contributed by atoms with Crippen molar-refractivity contribution >= 4 is 5.97 Å². The topological polar surface area (TPSA) is 116 Å². The predicted octanol–water partition coefficient (Wildman–Crippen LogP) is 10.6. The lowest BCUT2D eigenvalue weighted by molar-refractivity contribution is -0.139. The second kappa shape index (κ2) is 30.3. The number of aliphatic hydroxyl groups excluding tert-OH is 4. The minimum absolute atomic E-state index is 0.165. The van der Waals surface area contributed by atoms with Crippen LogP contribution in [0.4, 0.5) is 0 Å². The van der Waals surface area contributed by atoms with Gasteiger partial charge in [-0.1, -0.05) is 167 Å². The molecule has 300 valence electrons. The maximum Gasteiger partial charge on any atom is 0.337 e. The average Bonchev–Trinajstić information content (AvgIpc) is 3.75. The van der Waals surface area contributed by atoms with E-state index in [0.717, 1.165) is 70.6 Å². The number of hydrogen-bond acceptors (Lipinski definition) is 7. The quantitative estimate of drug-likeness (QED) is 0.0380. The van der Waals surface area contributed by atoms with E-state index in [0.29, 0.717) is 24.8 Å². The first-order valence-electron chi connectivity index (χ1n) is 22.1. The van der Waals surface area contributed by atoms with Gasteiger partial charge in [0.15, 0.2) is 0 Å². The van der Waals surface area contributed by atoms with Gasteiger partial charge in [-0.2, -0.15) is 0 Å². The Kier molecular flexibility index (Phi) is 27.5. The van der Waals surface area contributed by atoms with Crippen LogP contribution in [0, 0.1) is 0 Å². The molecule has 0 spiro atoms. The molecule has 1 saturated heterocycles. The van der Waals surface area contributed by atoms with Crippen LogP contribution in [0.15, 0.2) is 11.6 Å². The Labute approximate surface area is 313 Å². The Hall–Kier alpha value is -0.990. The van der Waals surface area contributed by atoms with Crippen LogP contribution < -0.4 is 0 Å². The molecule has 4 N–H and O–H groups in total. The zero-order valence-electron chi connectivity index (χ0n) is 33.3. The van der Waals surface area contributed by atoms with Gasteiger partial charge >= 0.3 is 5.97 Å². The summed E-state index contributed by atoms with van der Waals surface area (Å²) < 4.78 is 11.2. The predicted molar refractivity (Wildman–Crippen MR) is 210 cm³/mol. The van der Waals surface area contributed by atoms with Crippen molar-refractivity contribution < 1.29 is 34.7 Å². The highest BCUT2D eigenvalue weighted by atomic mass is 16.5. The van der Waals surface area contributed by atoms with Crippen molar-refractivity contribution in [3.8, 4) is 0 Å². The molecule has 0 radical (unpaired) electrons. The lowest BCUT2D eigenvalue weighted by atomic mass is 9.99. The van der Waals surface area contributed by atoms with E-state index in [1.54, 1.807) is 13.0 Å². The molecule has 7 heteroatoms. The second-order valence-corrected chi connectivity index (χ2v) is 16.3. The van der Waals surface area contributed by atoms with Crippen molar-refractivity contribution in [2.75, 3.05) is 0 Å². The van der Waals surface area contributed by atoms with Crippen LogP contribution in [0.3, 0.4) is 0 Å². The highest BCUT2D eigenvalue weighted by molar-refractivity contribution is 5.91. The summed E-state index contributed by atoms with van der Waals surface area (Å²) in [6.07, 6.45) is 35.6. The normalized spacial score (nSPS) is 21.5. The summed E-state index contributed by atoms with van der Waals surface area (Å²) in [4.78, 5) is 11.7. The Bertz CT molecular complexity index is 862. The Balaban J connectivity index is 1.34. The molecule has 7 atom stereocenters. The average molecular weight is 723 g/mol. The number of rotatable bonds is 35. The van der Waals surface area contributed by atoms with Crippen LogP contribution in [0.5, 0.6) is 0 Å². The largest absolute Gasteiger partial charge is 0.455 e. The van der Waals surface area contributed by atoms with Crippen LogP contribution >= 0.6 is 0 Å². The summed E-state index contributed by atoms with van der Waals surface area (Å²) in [7, 11) is 0. The van der Waals surface area contributed by atoms with E-state index < -0.39 is 18.3 Å². The van der Waals surface area contributed by atoms with E-state index in [9.17, 15) is 25.2 Å². The van der Waals surface area contributed by atoms with Gasteiger partial charge in [0.1, 0.15) is 6.10 Å². The molecule has 0 bridgehead atoms. The molecule has 0 unspecified atom stereocenters. The summed E-state index contributed by atoms with van der Waals surface area (Å²) in [5.41, 5.74) is 0.417.